The van der Waals surface area contributed by atoms with Gasteiger partial charge in [0.25, 0.3) is 5.69 Å². The molecule has 0 saturated heterocycles. The molecule has 1 aromatic rings. The first-order chi connectivity index (χ1) is 6.02. The molecule has 7 nitrogen and oxygen atoms in total. The smallest absolute Gasteiger partial charge is 0.335 e. The molecule has 1 aromatic carbocycles. The fourth-order valence-corrected chi connectivity index (χ4v) is 0.836. The third-order valence-electron chi connectivity index (χ3n) is 1.48. The van der Waals surface area contributed by atoms with E-state index >= 15 is 0 Å². The molecule has 0 radical (unpaired) electrons. The maximum atomic E-state index is 10.3. The Morgan fingerprint density at radius 1 is 1.14 bits per heavy atom. The topological polar surface area (TPSA) is 114 Å². The molecule has 0 spiro atoms. The summed E-state index contributed by atoms with van der Waals surface area (Å²) in [4.78, 5) is 19.2. The first-order valence-electron chi connectivity index (χ1n) is 3.27. The van der Waals surface area contributed by atoms with Gasteiger partial charge in [-0.3, -0.25) is 20.2 Å². The van der Waals surface area contributed by atoms with Crippen LogP contribution in [0.25, 0.3) is 0 Å². The number of hydrogen-bond acceptors (Lipinski definition) is 4. The molecular weight excluding hydrogens is 214 g/mol. The highest BCUT2D eigenvalue weighted by molar-refractivity contribution is 5.56. The molecule has 0 aliphatic heterocycles. The van der Waals surface area contributed by atoms with Gasteiger partial charge in [-0.2, -0.15) is 0 Å². The summed E-state index contributed by atoms with van der Waals surface area (Å²) in [6, 6.07) is 3.31. The van der Waals surface area contributed by atoms with Crippen molar-refractivity contribution in [3.05, 3.63) is 38.4 Å². The predicted molar refractivity (Wildman–Crippen MR) is 42.3 cm³/mol. The van der Waals surface area contributed by atoms with E-state index in [0.29, 0.717) is 0 Å². The average Bonchev–Trinajstić information content (AvgIpc) is 2.04. The summed E-state index contributed by atoms with van der Waals surface area (Å²) >= 11 is 0. The van der Waals surface area contributed by atoms with Gasteiger partial charge in [0.1, 0.15) is 6.07 Å². The van der Waals surface area contributed by atoms with Crippen molar-refractivity contribution in [2.24, 2.45) is 0 Å². The highest BCUT2D eigenvalue weighted by Gasteiger charge is 2.19. The van der Waals surface area contributed by atoms with Crippen molar-refractivity contribution in [2.75, 3.05) is 0 Å². The van der Waals surface area contributed by atoms with E-state index < -0.39 is 9.85 Å². The second-order valence-corrected chi connectivity index (χ2v) is 2.33. The van der Waals surface area contributed by atoms with Crippen molar-refractivity contribution in [1.29, 1.82) is 0 Å². The number of hydrogen-bond donors (Lipinski definition) is 1. The second-order valence-electron chi connectivity index (χ2n) is 2.33. The lowest BCUT2D eigenvalue weighted by molar-refractivity contribution is -0.401. The van der Waals surface area contributed by atoms with Crippen molar-refractivity contribution in [2.45, 2.75) is 0 Å². The molecule has 0 bridgehead atoms. The molecule has 0 aliphatic carbocycles. The number of quaternary nitrogens is 1. The Balaban J connectivity index is 0.00000169. The normalized spacial score (nSPS) is 8.93. The molecule has 0 aliphatic rings. The van der Waals surface area contributed by atoms with Crippen molar-refractivity contribution in [1.82, 2.24) is 0 Å². The lowest BCUT2D eigenvalue weighted by Crippen LogP contribution is -3.00. The van der Waals surface area contributed by atoms with E-state index in [-0.39, 0.29) is 29.5 Å². The Morgan fingerprint density at radius 3 is 2.14 bits per heavy atom. The lowest BCUT2D eigenvalue weighted by atomic mass is 10.2. The summed E-state index contributed by atoms with van der Waals surface area (Å²) in [6.07, 6.45) is 0. The molecule has 1 rings (SSSR count). The van der Waals surface area contributed by atoms with Crippen LogP contribution in [-0.4, -0.2) is 9.85 Å². The number of nitrogens with zero attached hydrogens (tertiary/aromatic N) is 2. The first-order valence-corrected chi connectivity index (χ1v) is 3.27. The van der Waals surface area contributed by atoms with Gasteiger partial charge in [0, 0.05) is 12.1 Å². The number of nitro benzene ring substituents is 2. The largest absolute Gasteiger partial charge is 1.00 e. The average molecular weight is 220 g/mol. The number of benzene rings is 1. The van der Waals surface area contributed by atoms with Gasteiger partial charge in [-0.25, -0.2) is 0 Å². The third-order valence-corrected chi connectivity index (χ3v) is 1.48. The van der Waals surface area contributed by atoms with Gasteiger partial charge in [0.2, 0.25) is 5.69 Å². The van der Waals surface area contributed by atoms with Gasteiger partial charge in [0.05, 0.1) is 9.85 Å². The molecule has 0 atom stereocenters. The SMILES string of the molecule is [Cl-].[NH3+]c1ccc([N+](=O)[O-])cc1[N+](=O)[O-]. The zero-order chi connectivity index (χ0) is 10.0. The summed E-state index contributed by atoms with van der Waals surface area (Å²) in [5.41, 5.74) is 2.90. The molecule has 76 valence electrons. The monoisotopic (exact) mass is 219 g/mol. The summed E-state index contributed by atoms with van der Waals surface area (Å²) in [5.74, 6) is 0. The Bertz CT molecular complexity index is 381. The summed E-state index contributed by atoms with van der Waals surface area (Å²) in [5, 5.41) is 20.6. The van der Waals surface area contributed by atoms with E-state index in [1.165, 1.54) is 12.1 Å². The van der Waals surface area contributed by atoms with Gasteiger partial charge in [-0.15, -0.1) is 0 Å². The molecule has 0 unspecified atom stereocenters. The van der Waals surface area contributed by atoms with E-state index in [4.69, 9.17) is 0 Å². The van der Waals surface area contributed by atoms with Crippen LogP contribution in [0.5, 0.6) is 0 Å². The summed E-state index contributed by atoms with van der Waals surface area (Å²) in [6.45, 7) is 0. The van der Waals surface area contributed by atoms with E-state index in [2.05, 4.69) is 5.73 Å². The van der Waals surface area contributed by atoms with Gasteiger partial charge in [-0.1, -0.05) is 0 Å². The first kappa shape index (κ1) is 12.3. The van der Waals surface area contributed by atoms with Crippen LogP contribution in [0.15, 0.2) is 18.2 Å². The minimum absolute atomic E-state index is 0. The quantitative estimate of drug-likeness (QED) is 0.433. The van der Waals surface area contributed by atoms with E-state index in [9.17, 15) is 20.2 Å². The van der Waals surface area contributed by atoms with E-state index in [1.807, 2.05) is 0 Å². The van der Waals surface area contributed by atoms with Crippen LogP contribution < -0.4 is 18.1 Å². The highest BCUT2D eigenvalue weighted by Crippen LogP contribution is 2.24. The van der Waals surface area contributed by atoms with Crippen molar-refractivity contribution < 1.29 is 28.0 Å². The number of rotatable bonds is 2. The van der Waals surface area contributed by atoms with E-state index in [1.54, 1.807) is 0 Å². The molecule has 0 heterocycles. The fraction of sp³-hybridized carbons (Fsp3) is 0. The molecule has 8 heteroatoms. The van der Waals surface area contributed by atoms with Gasteiger partial charge < -0.3 is 18.1 Å². The second kappa shape index (κ2) is 4.49. The number of non-ortho nitro benzene ring substituents is 1. The van der Waals surface area contributed by atoms with Crippen LogP contribution in [0.3, 0.4) is 0 Å². The molecule has 0 saturated carbocycles. The fourth-order valence-electron chi connectivity index (χ4n) is 0.836. The summed E-state index contributed by atoms with van der Waals surface area (Å²) in [7, 11) is 0. The Morgan fingerprint density at radius 2 is 1.71 bits per heavy atom. The standard InChI is InChI=1S/C6H5N3O4.ClH/c7-5-2-1-4(8(10)11)3-6(5)9(12)13;/h1-3H,7H2;1H. The third kappa shape index (κ3) is 2.38. The Hall–Kier alpha value is -1.73. The Kier molecular flexibility index (Phi) is 3.94. The lowest BCUT2D eigenvalue weighted by Gasteiger charge is -1.93. The minimum Gasteiger partial charge on any atom is -1.00 e. The number of nitro groups is 2. The zero-order valence-corrected chi connectivity index (χ0v) is 7.60. The van der Waals surface area contributed by atoms with E-state index in [0.717, 1.165) is 6.07 Å². The molecule has 0 aromatic heterocycles. The molecule has 0 amide bonds. The molecular formula is C6H6ClN3O4. The van der Waals surface area contributed by atoms with Gasteiger partial charge >= 0.3 is 5.69 Å². The van der Waals surface area contributed by atoms with Gasteiger partial charge in [-0.05, 0) is 0 Å². The predicted octanol–water partition coefficient (Wildman–Crippen LogP) is -2.62. The van der Waals surface area contributed by atoms with Crippen molar-refractivity contribution in [3.8, 4) is 0 Å². The number of halogens is 1. The summed E-state index contributed by atoms with van der Waals surface area (Å²) < 4.78 is 0. The highest BCUT2D eigenvalue weighted by atomic mass is 35.5. The molecule has 14 heavy (non-hydrogen) atoms. The molecule has 0 fully saturated rings. The maximum Gasteiger partial charge on any atom is 0.335 e. The van der Waals surface area contributed by atoms with Crippen molar-refractivity contribution in [3.63, 3.8) is 0 Å². The van der Waals surface area contributed by atoms with Crippen LogP contribution in [0.1, 0.15) is 0 Å². The Labute approximate surface area is 84.2 Å². The maximum absolute atomic E-state index is 10.3. The van der Waals surface area contributed by atoms with Crippen LogP contribution in [0.2, 0.25) is 0 Å². The van der Waals surface area contributed by atoms with Crippen LogP contribution in [0.4, 0.5) is 17.1 Å². The molecule has 3 N–H and O–H groups in total. The minimum atomic E-state index is -0.699. The van der Waals surface area contributed by atoms with Crippen LogP contribution in [-0.2, 0) is 0 Å². The van der Waals surface area contributed by atoms with Crippen LogP contribution >= 0.6 is 0 Å². The van der Waals surface area contributed by atoms with Crippen molar-refractivity contribution >= 4 is 17.1 Å². The van der Waals surface area contributed by atoms with Gasteiger partial charge in [0.15, 0.2) is 0 Å². The zero-order valence-electron chi connectivity index (χ0n) is 6.84. The van der Waals surface area contributed by atoms with Crippen LogP contribution in [0, 0.1) is 20.2 Å².